The minimum Gasteiger partial charge on any atom is -0.507 e. The van der Waals surface area contributed by atoms with E-state index in [1.807, 2.05) is 32.0 Å². The molecular formula is C20H20N2O2. The van der Waals surface area contributed by atoms with E-state index in [4.69, 9.17) is 0 Å². The van der Waals surface area contributed by atoms with Gasteiger partial charge in [-0.3, -0.25) is 4.79 Å². The van der Waals surface area contributed by atoms with Gasteiger partial charge in [0.15, 0.2) is 0 Å². The van der Waals surface area contributed by atoms with Gasteiger partial charge in [-0.15, -0.1) is 0 Å². The van der Waals surface area contributed by atoms with Crippen molar-refractivity contribution in [3.05, 3.63) is 65.2 Å². The highest BCUT2D eigenvalue weighted by Crippen LogP contribution is 2.27. The monoisotopic (exact) mass is 320 g/mol. The van der Waals surface area contributed by atoms with Crippen LogP contribution in [0.25, 0.3) is 6.08 Å². The summed E-state index contributed by atoms with van der Waals surface area (Å²) in [5.74, 6) is -0.307. The molecule has 0 unspecified atom stereocenters. The maximum atomic E-state index is 12.4. The maximum absolute atomic E-state index is 12.4. The highest BCUT2D eigenvalue weighted by atomic mass is 16.3. The van der Waals surface area contributed by atoms with Crippen molar-refractivity contribution in [2.24, 2.45) is 0 Å². The molecule has 24 heavy (non-hydrogen) atoms. The van der Waals surface area contributed by atoms with Gasteiger partial charge in [0, 0.05) is 36.0 Å². The lowest BCUT2D eigenvalue weighted by Gasteiger charge is -2.21. The first kappa shape index (κ1) is 17.3. The Morgan fingerprint density at radius 1 is 1.17 bits per heavy atom. The first-order chi connectivity index (χ1) is 11.6. The minimum absolute atomic E-state index is 0.00732. The smallest absolute Gasteiger partial charge is 0.203 e. The Kier molecular flexibility index (Phi) is 5.75. The predicted molar refractivity (Wildman–Crippen MR) is 96.0 cm³/mol. The second-order valence-electron chi connectivity index (χ2n) is 5.28. The normalized spacial score (nSPS) is 11.0. The van der Waals surface area contributed by atoms with Gasteiger partial charge < -0.3 is 10.0 Å². The van der Waals surface area contributed by atoms with Crippen molar-refractivity contribution in [3.63, 3.8) is 0 Å². The van der Waals surface area contributed by atoms with Crippen LogP contribution in [0.3, 0.4) is 0 Å². The number of ketones is 1. The second kappa shape index (κ2) is 7.98. The van der Waals surface area contributed by atoms with Crippen molar-refractivity contribution in [3.8, 4) is 11.8 Å². The summed E-state index contributed by atoms with van der Waals surface area (Å²) in [5.41, 5.74) is 1.80. The van der Waals surface area contributed by atoms with Gasteiger partial charge in [-0.2, -0.15) is 5.26 Å². The highest BCUT2D eigenvalue weighted by Gasteiger charge is 2.13. The van der Waals surface area contributed by atoms with Crippen LogP contribution in [-0.2, 0) is 0 Å². The second-order valence-corrected chi connectivity index (χ2v) is 5.28. The van der Waals surface area contributed by atoms with Crippen LogP contribution < -0.4 is 4.90 Å². The van der Waals surface area contributed by atoms with E-state index in [0.717, 1.165) is 18.8 Å². The van der Waals surface area contributed by atoms with E-state index < -0.39 is 0 Å². The molecule has 0 saturated carbocycles. The molecule has 122 valence electrons. The van der Waals surface area contributed by atoms with Crippen LogP contribution in [0.15, 0.2) is 54.1 Å². The van der Waals surface area contributed by atoms with E-state index in [1.165, 1.54) is 6.08 Å². The average Bonchev–Trinajstić information content (AvgIpc) is 2.62. The lowest BCUT2D eigenvalue weighted by molar-refractivity contribution is 0.104. The van der Waals surface area contributed by atoms with Gasteiger partial charge in [-0.05, 0) is 32.1 Å². The summed E-state index contributed by atoms with van der Waals surface area (Å²) in [6.07, 6.45) is 1.43. The van der Waals surface area contributed by atoms with E-state index >= 15 is 0 Å². The number of nitriles is 1. The summed E-state index contributed by atoms with van der Waals surface area (Å²) in [5, 5.41) is 19.5. The number of phenolic OH excluding ortho intramolecular Hbond substituents is 1. The summed E-state index contributed by atoms with van der Waals surface area (Å²) in [4.78, 5) is 14.5. The van der Waals surface area contributed by atoms with Crippen molar-refractivity contribution in [2.45, 2.75) is 13.8 Å². The van der Waals surface area contributed by atoms with Crippen LogP contribution in [0.2, 0.25) is 0 Å². The zero-order valence-corrected chi connectivity index (χ0v) is 13.9. The lowest BCUT2D eigenvalue weighted by atomic mass is 10.0. The van der Waals surface area contributed by atoms with E-state index in [1.54, 1.807) is 36.4 Å². The SMILES string of the molecule is CCN(CC)c1ccc(/C=C(\C#N)C(=O)c2ccccc2)c(O)c1. The molecule has 0 spiro atoms. The number of aromatic hydroxyl groups is 1. The molecule has 0 aromatic heterocycles. The molecule has 0 saturated heterocycles. The number of hydrogen-bond donors (Lipinski definition) is 1. The quantitative estimate of drug-likeness (QED) is 0.496. The zero-order valence-electron chi connectivity index (χ0n) is 13.9. The van der Waals surface area contributed by atoms with Gasteiger partial charge in [-0.1, -0.05) is 30.3 Å². The van der Waals surface area contributed by atoms with Crippen molar-refractivity contribution in [2.75, 3.05) is 18.0 Å². The summed E-state index contributed by atoms with van der Waals surface area (Å²) in [6, 6.07) is 15.8. The number of rotatable bonds is 6. The Morgan fingerprint density at radius 3 is 2.38 bits per heavy atom. The van der Waals surface area contributed by atoms with Crippen molar-refractivity contribution >= 4 is 17.5 Å². The first-order valence-electron chi connectivity index (χ1n) is 7.90. The third-order valence-corrected chi connectivity index (χ3v) is 3.84. The lowest BCUT2D eigenvalue weighted by Crippen LogP contribution is -2.21. The average molecular weight is 320 g/mol. The number of carbonyl (C=O) groups excluding carboxylic acids is 1. The van der Waals surface area contributed by atoms with Crippen LogP contribution in [-0.4, -0.2) is 24.0 Å². The Balaban J connectivity index is 2.35. The van der Waals surface area contributed by atoms with Crippen LogP contribution in [0.1, 0.15) is 29.8 Å². The Bertz CT molecular complexity index is 785. The Hall–Kier alpha value is -3.06. The third kappa shape index (κ3) is 3.82. The van der Waals surface area contributed by atoms with E-state index in [2.05, 4.69) is 4.90 Å². The molecule has 4 nitrogen and oxygen atoms in total. The number of anilines is 1. The van der Waals surface area contributed by atoms with E-state index in [0.29, 0.717) is 11.1 Å². The molecule has 0 aliphatic heterocycles. The van der Waals surface area contributed by atoms with Crippen LogP contribution in [0, 0.1) is 11.3 Å². The Labute approximate surface area is 142 Å². The molecule has 0 aliphatic rings. The molecule has 0 radical (unpaired) electrons. The van der Waals surface area contributed by atoms with Gasteiger partial charge >= 0.3 is 0 Å². The van der Waals surface area contributed by atoms with Crippen LogP contribution >= 0.6 is 0 Å². The molecule has 4 heteroatoms. The molecule has 0 atom stereocenters. The number of hydrogen-bond acceptors (Lipinski definition) is 4. The van der Waals surface area contributed by atoms with Gasteiger partial charge in [-0.25, -0.2) is 0 Å². The molecule has 0 fully saturated rings. The fourth-order valence-corrected chi connectivity index (χ4v) is 2.49. The standard InChI is InChI=1S/C20H20N2O2/c1-3-22(4-2)18-11-10-16(19(23)13-18)12-17(14-21)20(24)15-8-6-5-7-9-15/h5-13,23H,3-4H2,1-2H3/b17-12+. The molecule has 0 aliphatic carbocycles. The molecule has 0 heterocycles. The number of carbonyl (C=O) groups is 1. The molecular weight excluding hydrogens is 300 g/mol. The predicted octanol–water partition coefficient (Wildman–Crippen LogP) is 4.03. The largest absolute Gasteiger partial charge is 0.507 e. The maximum Gasteiger partial charge on any atom is 0.203 e. The number of nitrogens with zero attached hydrogens (tertiary/aromatic N) is 2. The van der Waals surface area contributed by atoms with Crippen LogP contribution in [0.4, 0.5) is 5.69 Å². The number of Topliss-reactive ketones (excluding diaryl/α,β-unsaturated/α-hetero) is 1. The molecule has 0 amide bonds. The van der Waals surface area contributed by atoms with Gasteiger partial charge in [0.05, 0.1) is 0 Å². The Morgan fingerprint density at radius 2 is 1.83 bits per heavy atom. The number of phenols is 1. The highest BCUT2D eigenvalue weighted by molar-refractivity contribution is 6.14. The number of benzene rings is 2. The van der Waals surface area contributed by atoms with E-state index in [9.17, 15) is 15.2 Å². The first-order valence-corrected chi connectivity index (χ1v) is 7.90. The number of allylic oxidation sites excluding steroid dienone is 1. The molecule has 2 rings (SSSR count). The summed E-state index contributed by atoms with van der Waals surface area (Å²) < 4.78 is 0. The molecule has 2 aromatic carbocycles. The van der Waals surface area contributed by atoms with Crippen molar-refractivity contribution < 1.29 is 9.90 Å². The fraction of sp³-hybridized carbons (Fsp3) is 0.200. The van der Waals surface area contributed by atoms with Gasteiger partial charge in [0.1, 0.15) is 17.4 Å². The van der Waals surface area contributed by atoms with Crippen molar-refractivity contribution in [1.29, 1.82) is 5.26 Å². The summed E-state index contributed by atoms with van der Waals surface area (Å²) >= 11 is 0. The topological polar surface area (TPSA) is 64.3 Å². The molecule has 0 bridgehead atoms. The minimum atomic E-state index is -0.356. The van der Waals surface area contributed by atoms with Crippen molar-refractivity contribution in [1.82, 2.24) is 0 Å². The van der Waals surface area contributed by atoms with Gasteiger partial charge in [0.25, 0.3) is 0 Å². The fourth-order valence-electron chi connectivity index (χ4n) is 2.49. The summed E-state index contributed by atoms with van der Waals surface area (Å²) in [7, 11) is 0. The van der Waals surface area contributed by atoms with Gasteiger partial charge in [0.2, 0.25) is 5.78 Å². The zero-order chi connectivity index (χ0) is 17.5. The van der Waals surface area contributed by atoms with Crippen LogP contribution in [0.5, 0.6) is 5.75 Å². The third-order valence-electron chi connectivity index (χ3n) is 3.84. The van der Waals surface area contributed by atoms with E-state index in [-0.39, 0.29) is 17.1 Å². The molecule has 2 aromatic rings. The summed E-state index contributed by atoms with van der Waals surface area (Å²) in [6.45, 7) is 5.75. The molecule has 1 N–H and O–H groups in total.